The van der Waals surface area contributed by atoms with Gasteiger partial charge in [0.05, 0.1) is 5.56 Å². The van der Waals surface area contributed by atoms with Crippen molar-refractivity contribution in [1.29, 1.82) is 0 Å². The second-order valence-corrected chi connectivity index (χ2v) is 4.30. The van der Waals surface area contributed by atoms with Gasteiger partial charge in [0.2, 0.25) is 0 Å². The molecule has 0 spiro atoms. The highest BCUT2D eigenvalue weighted by Gasteiger charge is 2.16. The SMILES string of the molecule is Nc1ncc2ccccc2c1C(=O)c1ccccc1. The molecule has 92 valence electrons. The maximum absolute atomic E-state index is 12.6. The smallest absolute Gasteiger partial charge is 0.197 e. The van der Waals surface area contributed by atoms with Gasteiger partial charge in [-0.25, -0.2) is 4.98 Å². The van der Waals surface area contributed by atoms with Crippen molar-refractivity contribution in [3.8, 4) is 0 Å². The molecule has 0 unspecified atom stereocenters. The van der Waals surface area contributed by atoms with Crippen molar-refractivity contribution in [2.75, 3.05) is 5.73 Å². The van der Waals surface area contributed by atoms with E-state index in [1.54, 1.807) is 18.3 Å². The summed E-state index contributed by atoms with van der Waals surface area (Å²) in [5.74, 6) is 0.176. The minimum atomic E-state index is -0.0950. The minimum absolute atomic E-state index is 0.0950. The molecule has 3 aromatic rings. The van der Waals surface area contributed by atoms with Crippen LogP contribution in [0.5, 0.6) is 0 Å². The predicted molar refractivity (Wildman–Crippen MR) is 76.0 cm³/mol. The third kappa shape index (κ3) is 1.95. The van der Waals surface area contributed by atoms with Crippen molar-refractivity contribution in [3.05, 3.63) is 71.9 Å². The molecule has 0 radical (unpaired) electrons. The Kier molecular flexibility index (Phi) is 2.72. The summed E-state index contributed by atoms with van der Waals surface area (Å²) in [4.78, 5) is 16.7. The number of rotatable bonds is 2. The fourth-order valence-corrected chi connectivity index (χ4v) is 2.15. The average Bonchev–Trinajstić information content (AvgIpc) is 2.47. The molecule has 3 rings (SSSR count). The normalized spacial score (nSPS) is 10.5. The van der Waals surface area contributed by atoms with E-state index in [-0.39, 0.29) is 11.6 Å². The highest BCUT2D eigenvalue weighted by Crippen LogP contribution is 2.24. The second-order valence-electron chi connectivity index (χ2n) is 4.30. The molecule has 0 bridgehead atoms. The molecule has 0 saturated heterocycles. The summed E-state index contributed by atoms with van der Waals surface area (Å²) in [7, 11) is 0. The first-order valence-corrected chi connectivity index (χ1v) is 6.00. The van der Waals surface area contributed by atoms with E-state index in [2.05, 4.69) is 4.98 Å². The standard InChI is InChI=1S/C16H12N2O/c17-16-14(15(19)11-6-2-1-3-7-11)13-9-5-4-8-12(13)10-18-16/h1-10H,(H2,17,18). The van der Waals surface area contributed by atoms with Crippen molar-refractivity contribution in [2.24, 2.45) is 0 Å². The molecule has 0 amide bonds. The highest BCUT2D eigenvalue weighted by atomic mass is 16.1. The van der Waals surface area contributed by atoms with Crippen LogP contribution in [0.4, 0.5) is 5.82 Å². The minimum Gasteiger partial charge on any atom is -0.383 e. The fourth-order valence-electron chi connectivity index (χ4n) is 2.15. The number of hydrogen-bond acceptors (Lipinski definition) is 3. The Bertz CT molecular complexity index is 751. The maximum Gasteiger partial charge on any atom is 0.197 e. The zero-order chi connectivity index (χ0) is 13.2. The quantitative estimate of drug-likeness (QED) is 0.709. The third-order valence-corrected chi connectivity index (χ3v) is 3.09. The molecule has 0 fully saturated rings. The maximum atomic E-state index is 12.6. The first kappa shape index (κ1) is 11.4. The Balaban J connectivity index is 2.25. The van der Waals surface area contributed by atoms with Gasteiger partial charge in [-0.2, -0.15) is 0 Å². The number of anilines is 1. The number of nitrogens with zero attached hydrogens (tertiary/aromatic N) is 1. The topological polar surface area (TPSA) is 56.0 Å². The van der Waals surface area contributed by atoms with Gasteiger partial charge in [-0.15, -0.1) is 0 Å². The molecule has 19 heavy (non-hydrogen) atoms. The molecular weight excluding hydrogens is 236 g/mol. The van der Waals surface area contributed by atoms with E-state index in [1.807, 2.05) is 42.5 Å². The molecule has 0 aliphatic heterocycles. The number of benzene rings is 2. The fraction of sp³-hybridized carbons (Fsp3) is 0. The molecule has 0 aliphatic rings. The molecule has 3 nitrogen and oxygen atoms in total. The lowest BCUT2D eigenvalue weighted by Gasteiger charge is -2.08. The number of carbonyl (C=O) groups is 1. The molecular formula is C16H12N2O. The van der Waals surface area contributed by atoms with Gasteiger partial charge in [0.1, 0.15) is 5.82 Å². The van der Waals surface area contributed by atoms with Gasteiger partial charge in [0, 0.05) is 17.1 Å². The van der Waals surface area contributed by atoms with Crippen LogP contribution in [0, 0.1) is 0 Å². The predicted octanol–water partition coefficient (Wildman–Crippen LogP) is 3.05. The lowest BCUT2D eigenvalue weighted by molar-refractivity contribution is 0.104. The highest BCUT2D eigenvalue weighted by molar-refractivity contribution is 6.18. The van der Waals surface area contributed by atoms with Crippen LogP contribution in [0.3, 0.4) is 0 Å². The number of fused-ring (bicyclic) bond motifs is 1. The van der Waals surface area contributed by atoms with Gasteiger partial charge in [-0.05, 0) is 5.39 Å². The first-order valence-electron chi connectivity index (χ1n) is 6.00. The molecule has 2 N–H and O–H groups in total. The zero-order valence-electron chi connectivity index (χ0n) is 10.2. The van der Waals surface area contributed by atoms with E-state index in [0.29, 0.717) is 11.1 Å². The second kappa shape index (κ2) is 4.53. The summed E-state index contributed by atoms with van der Waals surface area (Å²) in [5.41, 5.74) is 6.99. The van der Waals surface area contributed by atoms with Crippen LogP contribution >= 0.6 is 0 Å². The van der Waals surface area contributed by atoms with Crippen LogP contribution in [0.25, 0.3) is 10.8 Å². The monoisotopic (exact) mass is 248 g/mol. The molecule has 1 aromatic heterocycles. The lowest BCUT2D eigenvalue weighted by atomic mass is 9.98. The van der Waals surface area contributed by atoms with E-state index in [4.69, 9.17) is 5.73 Å². The number of nitrogen functional groups attached to an aromatic ring is 1. The molecule has 2 aromatic carbocycles. The van der Waals surface area contributed by atoms with Gasteiger partial charge in [-0.3, -0.25) is 4.79 Å². The van der Waals surface area contributed by atoms with Crippen LogP contribution in [-0.4, -0.2) is 10.8 Å². The van der Waals surface area contributed by atoms with E-state index in [0.717, 1.165) is 10.8 Å². The summed E-state index contributed by atoms with van der Waals surface area (Å²) in [6.45, 7) is 0. The molecule has 0 aliphatic carbocycles. The van der Waals surface area contributed by atoms with E-state index in [1.165, 1.54) is 0 Å². The Hall–Kier alpha value is -2.68. The van der Waals surface area contributed by atoms with E-state index < -0.39 is 0 Å². The molecule has 0 saturated carbocycles. The number of pyridine rings is 1. The van der Waals surface area contributed by atoms with Gasteiger partial charge in [0.25, 0.3) is 0 Å². The Morgan fingerprint density at radius 1 is 0.947 bits per heavy atom. The Labute approximate surface area is 110 Å². The Morgan fingerprint density at radius 2 is 1.63 bits per heavy atom. The Morgan fingerprint density at radius 3 is 2.42 bits per heavy atom. The number of ketones is 1. The summed E-state index contributed by atoms with van der Waals surface area (Å²) in [6.07, 6.45) is 1.69. The summed E-state index contributed by atoms with van der Waals surface area (Å²) in [6, 6.07) is 16.7. The van der Waals surface area contributed by atoms with E-state index in [9.17, 15) is 4.79 Å². The van der Waals surface area contributed by atoms with Crippen molar-refractivity contribution in [1.82, 2.24) is 4.98 Å². The van der Waals surface area contributed by atoms with Crippen LogP contribution in [-0.2, 0) is 0 Å². The number of nitrogens with two attached hydrogens (primary N) is 1. The van der Waals surface area contributed by atoms with Crippen LogP contribution in [0.2, 0.25) is 0 Å². The average molecular weight is 248 g/mol. The molecule has 1 heterocycles. The van der Waals surface area contributed by atoms with Crippen LogP contribution in [0.15, 0.2) is 60.8 Å². The summed E-state index contributed by atoms with van der Waals surface area (Å²) >= 11 is 0. The summed E-state index contributed by atoms with van der Waals surface area (Å²) in [5, 5.41) is 1.75. The van der Waals surface area contributed by atoms with Gasteiger partial charge < -0.3 is 5.73 Å². The van der Waals surface area contributed by atoms with Gasteiger partial charge in [-0.1, -0.05) is 54.6 Å². The number of hydrogen-bond donors (Lipinski definition) is 1. The van der Waals surface area contributed by atoms with Crippen molar-refractivity contribution in [3.63, 3.8) is 0 Å². The van der Waals surface area contributed by atoms with Crippen LogP contribution in [0.1, 0.15) is 15.9 Å². The van der Waals surface area contributed by atoms with Crippen molar-refractivity contribution >= 4 is 22.4 Å². The third-order valence-electron chi connectivity index (χ3n) is 3.09. The zero-order valence-corrected chi connectivity index (χ0v) is 10.2. The van der Waals surface area contributed by atoms with Gasteiger partial charge in [0.15, 0.2) is 5.78 Å². The van der Waals surface area contributed by atoms with Crippen molar-refractivity contribution in [2.45, 2.75) is 0 Å². The van der Waals surface area contributed by atoms with Crippen LogP contribution < -0.4 is 5.73 Å². The van der Waals surface area contributed by atoms with Crippen molar-refractivity contribution < 1.29 is 4.79 Å². The van der Waals surface area contributed by atoms with Gasteiger partial charge >= 0.3 is 0 Å². The van der Waals surface area contributed by atoms with E-state index >= 15 is 0 Å². The molecule has 0 atom stereocenters. The largest absolute Gasteiger partial charge is 0.383 e. The number of carbonyl (C=O) groups excluding carboxylic acids is 1. The lowest BCUT2D eigenvalue weighted by Crippen LogP contribution is -2.07. The first-order chi connectivity index (χ1) is 9.27. The molecule has 3 heteroatoms. The number of aromatic nitrogens is 1. The summed E-state index contributed by atoms with van der Waals surface area (Å²) < 4.78 is 0.